The molecule has 1 aromatic heterocycles. The number of nitrogens with zero attached hydrogens (tertiary/aromatic N) is 1. The Hall–Kier alpha value is -1.65. The summed E-state index contributed by atoms with van der Waals surface area (Å²) in [6.45, 7) is 3.51. The van der Waals surface area contributed by atoms with Crippen LogP contribution in [0.4, 0.5) is 0 Å². The molecule has 0 radical (unpaired) electrons. The summed E-state index contributed by atoms with van der Waals surface area (Å²) in [4.78, 5) is 16.5. The van der Waals surface area contributed by atoms with Gasteiger partial charge in [-0.15, -0.1) is 11.3 Å². The van der Waals surface area contributed by atoms with Gasteiger partial charge in [0.25, 0.3) is 5.91 Å². The van der Waals surface area contributed by atoms with Crippen molar-refractivity contribution in [1.29, 1.82) is 0 Å². The Labute approximate surface area is 122 Å². The summed E-state index contributed by atoms with van der Waals surface area (Å²) in [6.07, 6.45) is 0.636. The first-order valence-corrected chi connectivity index (χ1v) is 7.60. The van der Waals surface area contributed by atoms with Crippen LogP contribution in [0.1, 0.15) is 27.2 Å². The van der Waals surface area contributed by atoms with E-state index in [1.807, 2.05) is 17.0 Å². The molecule has 20 heavy (non-hydrogen) atoms. The smallest absolute Gasteiger partial charge is 0.254 e. The lowest BCUT2D eigenvalue weighted by atomic mass is 10.1. The number of fused-ring (bicyclic) bond motifs is 1. The molecule has 0 saturated heterocycles. The molecule has 2 heterocycles. The fourth-order valence-electron chi connectivity index (χ4n) is 2.57. The number of aliphatic hydroxyl groups excluding tert-OH is 1. The van der Waals surface area contributed by atoms with Gasteiger partial charge in [-0.3, -0.25) is 4.79 Å². The summed E-state index contributed by atoms with van der Waals surface area (Å²) >= 11 is 1.77. The van der Waals surface area contributed by atoms with Crippen molar-refractivity contribution in [3.8, 4) is 10.4 Å². The number of benzene rings is 1. The van der Waals surface area contributed by atoms with E-state index in [0.717, 1.165) is 11.1 Å². The Morgan fingerprint density at radius 3 is 2.85 bits per heavy atom. The van der Waals surface area contributed by atoms with Crippen molar-refractivity contribution in [3.63, 3.8) is 0 Å². The molecule has 1 amide bonds. The first-order valence-electron chi connectivity index (χ1n) is 6.79. The van der Waals surface area contributed by atoms with Gasteiger partial charge in [-0.1, -0.05) is 6.07 Å². The van der Waals surface area contributed by atoms with Crippen LogP contribution in [-0.4, -0.2) is 29.1 Å². The fourth-order valence-corrected chi connectivity index (χ4v) is 3.43. The quantitative estimate of drug-likeness (QED) is 0.939. The molecule has 0 aliphatic carbocycles. The van der Waals surface area contributed by atoms with Crippen LogP contribution < -0.4 is 0 Å². The van der Waals surface area contributed by atoms with Gasteiger partial charge in [0.2, 0.25) is 0 Å². The molecule has 0 bridgehead atoms. The van der Waals surface area contributed by atoms with Crippen LogP contribution in [0.2, 0.25) is 0 Å². The predicted molar refractivity (Wildman–Crippen MR) is 80.9 cm³/mol. The second-order valence-corrected chi connectivity index (χ2v) is 6.37. The molecule has 0 unspecified atom stereocenters. The maximum Gasteiger partial charge on any atom is 0.254 e. The zero-order chi connectivity index (χ0) is 14.1. The van der Waals surface area contributed by atoms with E-state index in [-0.39, 0.29) is 12.5 Å². The van der Waals surface area contributed by atoms with Gasteiger partial charge in [0, 0.05) is 35.0 Å². The second kappa shape index (κ2) is 5.38. The third-order valence-electron chi connectivity index (χ3n) is 3.60. The van der Waals surface area contributed by atoms with Crippen molar-refractivity contribution in [2.75, 3.05) is 13.2 Å². The lowest BCUT2D eigenvalue weighted by Gasteiger charge is -2.13. The van der Waals surface area contributed by atoms with Gasteiger partial charge >= 0.3 is 0 Å². The molecule has 2 aromatic rings. The maximum atomic E-state index is 12.2. The molecule has 0 atom stereocenters. The van der Waals surface area contributed by atoms with Crippen molar-refractivity contribution in [1.82, 2.24) is 4.90 Å². The largest absolute Gasteiger partial charge is 0.396 e. The van der Waals surface area contributed by atoms with Gasteiger partial charge in [-0.25, -0.2) is 0 Å². The minimum absolute atomic E-state index is 0.0855. The van der Waals surface area contributed by atoms with E-state index in [0.29, 0.717) is 19.5 Å². The highest BCUT2D eigenvalue weighted by Gasteiger charge is 2.26. The maximum absolute atomic E-state index is 12.2. The number of aliphatic hydroxyl groups is 1. The van der Waals surface area contributed by atoms with Crippen molar-refractivity contribution in [2.45, 2.75) is 19.9 Å². The van der Waals surface area contributed by atoms with E-state index < -0.39 is 0 Å². The van der Waals surface area contributed by atoms with Crippen LogP contribution in [0.25, 0.3) is 10.4 Å². The molecule has 1 aliphatic heterocycles. The summed E-state index contributed by atoms with van der Waals surface area (Å²) < 4.78 is 0. The van der Waals surface area contributed by atoms with E-state index in [9.17, 15) is 4.79 Å². The van der Waals surface area contributed by atoms with E-state index in [4.69, 9.17) is 5.11 Å². The Balaban J connectivity index is 1.87. The summed E-state index contributed by atoms with van der Waals surface area (Å²) in [5.41, 5.74) is 3.08. The van der Waals surface area contributed by atoms with Crippen LogP contribution >= 0.6 is 11.3 Å². The third kappa shape index (κ3) is 2.37. The molecule has 0 spiro atoms. The van der Waals surface area contributed by atoms with Crippen LogP contribution in [0.5, 0.6) is 0 Å². The molecule has 0 fully saturated rings. The molecule has 1 aromatic carbocycles. The van der Waals surface area contributed by atoms with E-state index in [2.05, 4.69) is 25.1 Å². The molecule has 1 N–H and O–H groups in total. The molecule has 104 valence electrons. The molecule has 4 heteroatoms. The van der Waals surface area contributed by atoms with Gasteiger partial charge in [-0.2, -0.15) is 0 Å². The Morgan fingerprint density at radius 2 is 2.15 bits per heavy atom. The van der Waals surface area contributed by atoms with Crippen LogP contribution in [-0.2, 0) is 6.54 Å². The predicted octanol–water partition coefficient (Wildman–Crippen LogP) is 3.06. The van der Waals surface area contributed by atoms with Crippen molar-refractivity contribution in [3.05, 3.63) is 46.3 Å². The topological polar surface area (TPSA) is 40.5 Å². The SMILES string of the molecule is Cc1ccc(-c2ccc3c(c2)CN(CCCO)C3=O)s1. The lowest BCUT2D eigenvalue weighted by molar-refractivity contribution is 0.0768. The Kier molecular flexibility index (Phi) is 3.59. The zero-order valence-corrected chi connectivity index (χ0v) is 12.2. The van der Waals surface area contributed by atoms with Crippen molar-refractivity contribution in [2.24, 2.45) is 0 Å². The van der Waals surface area contributed by atoms with Crippen molar-refractivity contribution < 1.29 is 9.90 Å². The first kappa shape index (κ1) is 13.3. The van der Waals surface area contributed by atoms with Crippen molar-refractivity contribution >= 4 is 17.2 Å². The highest BCUT2D eigenvalue weighted by atomic mass is 32.1. The minimum Gasteiger partial charge on any atom is -0.396 e. The molecular formula is C16H17NO2S. The number of carbonyl (C=O) groups is 1. The number of rotatable bonds is 4. The number of carbonyl (C=O) groups excluding carboxylic acids is 1. The number of hydrogen-bond acceptors (Lipinski definition) is 3. The molecule has 1 aliphatic rings. The number of thiophene rings is 1. The fraction of sp³-hybridized carbons (Fsp3) is 0.312. The highest BCUT2D eigenvalue weighted by Crippen LogP contribution is 2.32. The summed E-state index contributed by atoms with van der Waals surface area (Å²) in [5.74, 6) is 0.0855. The van der Waals surface area contributed by atoms with E-state index >= 15 is 0 Å². The standard InChI is InChI=1S/C16H17NO2S/c1-11-3-6-15(20-11)12-4-5-14-13(9-12)10-17(16(14)19)7-2-8-18/h3-6,9,18H,2,7-8,10H2,1H3. The summed E-state index contributed by atoms with van der Waals surface area (Å²) in [7, 11) is 0. The summed E-state index contributed by atoms with van der Waals surface area (Å²) in [6, 6.07) is 10.3. The van der Waals surface area contributed by atoms with Crippen LogP contribution in [0.3, 0.4) is 0 Å². The lowest BCUT2D eigenvalue weighted by Crippen LogP contribution is -2.25. The van der Waals surface area contributed by atoms with Gasteiger partial charge in [0.1, 0.15) is 0 Å². The van der Waals surface area contributed by atoms with Gasteiger partial charge in [0.05, 0.1) is 0 Å². The van der Waals surface area contributed by atoms with E-state index in [1.165, 1.54) is 15.3 Å². The highest BCUT2D eigenvalue weighted by molar-refractivity contribution is 7.15. The number of hydrogen-bond donors (Lipinski definition) is 1. The average Bonchev–Trinajstić information content (AvgIpc) is 3.01. The summed E-state index contributed by atoms with van der Waals surface area (Å²) in [5, 5.41) is 8.89. The molecular weight excluding hydrogens is 270 g/mol. The molecule has 0 saturated carbocycles. The monoisotopic (exact) mass is 287 g/mol. The van der Waals surface area contributed by atoms with Crippen LogP contribution in [0, 0.1) is 6.92 Å². The van der Waals surface area contributed by atoms with E-state index in [1.54, 1.807) is 11.3 Å². The zero-order valence-electron chi connectivity index (χ0n) is 11.4. The van der Waals surface area contributed by atoms with Gasteiger partial charge in [0.15, 0.2) is 0 Å². The Morgan fingerprint density at radius 1 is 1.30 bits per heavy atom. The van der Waals surface area contributed by atoms with Gasteiger partial charge < -0.3 is 10.0 Å². The third-order valence-corrected chi connectivity index (χ3v) is 4.64. The number of amides is 1. The second-order valence-electron chi connectivity index (χ2n) is 5.09. The minimum atomic E-state index is 0.0855. The normalized spacial score (nSPS) is 13.9. The molecule has 3 nitrogen and oxygen atoms in total. The number of aryl methyl sites for hydroxylation is 1. The van der Waals surface area contributed by atoms with Crippen LogP contribution in [0.15, 0.2) is 30.3 Å². The Bertz CT molecular complexity index is 648. The van der Waals surface area contributed by atoms with Gasteiger partial charge in [-0.05, 0) is 48.7 Å². The average molecular weight is 287 g/mol. The first-order chi connectivity index (χ1) is 9.69. The molecule has 3 rings (SSSR count).